The van der Waals surface area contributed by atoms with Crippen LogP contribution in [-0.2, 0) is 11.3 Å². The van der Waals surface area contributed by atoms with E-state index in [9.17, 15) is 0 Å². The van der Waals surface area contributed by atoms with Gasteiger partial charge >= 0.3 is 0 Å². The Bertz CT molecular complexity index is 411. The molecule has 1 aromatic rings. The fourth-order valence-electron chi connectivity index (χ4n) is 2.48. The molecule has 0 aliphatic carbocycles. The van der Waals surface area contributed by atoms with Crippen molar-refractivity contribution in [3.05, 3.63) is 28.2 Å². The van der Waals surface area contributed by atoms with Gasteiger partial charge in [-0.1, -0.05) is 22.9 Å². The Kier molecular flexibility index (Phi) is 5.67. The lowest BCUT2D eigenvalue weighted by Gasteiger charge is -2.27. The van der Waals surface area contributed by atoms with Crippen LogP contribution in [0.25, 0.3) is 0 Å². The summed E-state index contributed by atoms with van der Waals surface area (Å²) in [6.07, 6.45) is 1.40. The van der Waals surface area contributed by atoms with Gasteiger partial charge in [0.15, 0.2) is 0 Å². The highest BCUT2D eigenvalue weighted by molar-refractivity contribution is 9.10. The quantitative estimate of drug-likeness (QED) is 0.919. The van der Waals surface area contributed by atoms with Crippen LogP contribution in [0.1, 0.15) is 25.8 Å². The van der Waals surface area contributed by atoms with E-state index in [1.54, 1.807) is 0 Å². The lowest BCUT2D eigenvalue weighted by molar-refractivity contribution is 0.0821. The van der Waals surface area contributed by atoms with Crippen molar-refractivity contribution < 1.29 is 4.74 Å². The summed E-state index contributed by atoms with van der Waals surface area (Å²) in [6, 6.07) is 6.56. The highest BCUT2D eigenvalue weighted by atomic mass is 79.9. The highest BCUT2D eigenvalue weighted by Crippen LogP contribution is 2.26. The molecular weight excluding hydrogens is 304 g/mol. The van der Waals surface area contributed by atoms with Crippen LogP contribution in [0.4, 0.5) is 5.69 Å². The predicted octanol–water partition coefficient (Wildman–Crippen LogP) is 3.17. The second kappa shape index (κ2) is 7.27. The molecule has 2 rings (SSSR count). The Balaban J connectivity index is 2.21. The first-order valence-electron chi connectivity index (χ1n) is 7.06. The van der Waals surface area contributed by atoms with Gasteiger partial charge in [0.1, 0.15) is 0 Å². The number of halogens is 1. The van der Waals surface area contributed by atoms with Crippen molar-refractivity contribution in [2.24, 2.45) is 0 Å². The van der Waals surface area contributed by atoms with Gasteiger partial charge in [0.05, 0.1) is 6.10 Å². The topological polar surface area (TPSA) is 24.5 Å². The molecule has 0 bridgehead atoms. The SMILES string of the molecule is CCNCc1cc(Br)ccc1N1CCCOC(C)C1. The Morgan fingerprint density at radius 3 is 3.11 bits per heavy atom. The van der Waals surface area contributed by atoms with Crippen molar-refractivity contribution in [2.75, 3.05) is 31.1 Å². The third-order valence-corrected chi connectivity index (χ3v) is 3.89. The molecule has 1 atom stereocenters. The van der Waals surface area contributed by atoms with E-state index < -0.39 is 0 Å². The number of anilines is 1. The standard InChI is InChI=1S/C15H23BrN2O/c1-3-17-10-13-9-14(16)5-6-15(13)18-7-4-8-19-12(2)11-18/h5-6,9,12,17H,3-4,7-8,10-11H2,1-2H3. The first kappa shape index (κ1) is 14.8. The molecule has 0 saturated carbocycles. The summed E-state index contributed by atoms with van der Waals surface area (Å²) in [4.78, 5) is 2.46. The lowest BCUT2D eigenvalue weighted by Crippen LogP contribution is -2.31. The van der Waals surface area contributed by atoms with Crippen LogP contribution in [-0.4, -0.2) is 32.3 Å². The van der Waals surface area contributed by atoms with Crippen LogP contribution in [0.15, 0.2) is 22.7 Å². The first-order valence-corrected chi connectivity index (χ1v) is 7.85. The Morgan fingerprint density at radius 1 is 1.47 bits per heavy atom. The molecule has 1 unspecified atom stereocenters. The average Bonchev–Trinajstić information content (AvgIpc) is 2.61. The van der Waals surface area contributed by atoms with Crippen molar-refractivity contribution in [3.63, 3.8) is 0 Å². The van der Waals surface area contributed by atoms with E-state index in [2.05, 4.69) is 58.2 Å². The van der Waals surface area contributed by atoms with Crippen molar-refractivity contribution in [3.8, 4) is 0 Å². The van der Waals surface area contributed by atoms with E-state index >= 15 is 0 Å². The van der Waals surface area contributed by atoms with Gasteiger partial charge in [0.2, 0.25) is 0 Å². The monoisotopic (exact) mass is 326 g/mol. The van der Waals surface area contributed by atoms with Gasteiger partial charge in [-0.2, -0.15) is 0 Å². The van der Waals surface area contributed by atoms with Crippen LogP contribution in [0, 0.1) is 0 Å². The van der Waals surface area contributed by atoms with Crippen molar-refractivity contribution in [1.29, 1.82) is 0 Å². The largest absolute Gasteiger partial charge is 0.377 e. The maximum Gasteiger partial charge on any atom is 0.0721 e. The van der Waals surface area contributed by atoms with Gasteiger partial charge in [-0.25, -0.2) is 0 Å². The Hall–Kier alpha value is -0.580. The average molecular weight is 327 g/mol. The van der Waals surface area contributed by atoms with E-state index in [0.29, 0.717) is 6.10 Å². The van der Waals surface area contributed by atoms with Crippen LogP contribution in [0.3, 0.4) is 0 Å². The zero-order chi connectivity index (χ0) is 13.7. The number of benzene rings is 1. The van der Waals surface area contributed by atoms with Crippen LogP contribution in [0.2, 0.25) is 0 Å². The maximum atomic E-state index is 5.73. The van der Waals surface area contributed by atoms with E-state index in [-0.39, 0.29) is 0 Å². The third-order valence-electron chi connectivity index (χ3n) is 3.40. The molecule has 1 saturated heterocycles. The van der Waals surface area contributed by atoms with Crippen molar-refractivity contribution >= 4 is 21.6 Å². The molecule has 1 aliphatic heterocycles. The maximum absolute atomic E-state index is 5.73. The number of hydrogen-bond donors (Lipinski definition) is 1. The normalized spacial score (nSPS) is 20.4. The summed E-state index contributed by atoms with van der Waals surface area (Å²) in [7, 11) is 0. The number of rotatable bonds is 4. The molecule has 0 aromatic heterocycles. The fourth-order valence-corrected chi connectivity index (χ4v) is 2.89. The summed E-state index contributed by atoms with van der Waals surface area (Å²) in [5, 5.41) is 3.42. The van der Waals surface area contributed by atoms with Crippen molar-refractivity contribution in [2.45, 2.75) is 32.9 Å². The lowest BCUT2D eigenvalue weighted by atomic mass is 10.1. The molecule has 1 fully saturated rings. The molecule has 4 heteroatoms. The van der Waals surface area contributed by atoms with E-state index in [1.165, 1.54) is 11.3 Å². The first-order chi connectivity index (χ1) is 9.20. The predicted molar refractivity (Wildman–Crippen MR) is 83.8 cm³/mol. The third kappa shape index (κ3) is 4.20. The Morgan fingerprint density at radius 2 is 2.32 bits per heavy atom. The summed E-state index contributed by atoms with van der Waals surface area (Å²) in [5.41, 5.74) is 2.69. The summed E-state index contributed by atoms with van der Waals surface area (Å²) in [6.45, 7) is 9.12. The summed E-state index contributed by atoms with van der Waals surface area (Å²) < 4.78 is 6.87. The van der Waals surface area contributed by atoms with Crippen molar-refractivity contribution in [1.82, 2.24) is 5.32 Å². The van der Waals surface area contributed by atoms with Crippen LogP contribution < -0.4 is 10.2 Å². The zero-order valence-electron chi connectivity index (χ0n) is 11.8. The number of nitrogens with one attached hydrogen (secondary N) is 1. The molecule has 0 amide bonds. The number of ether oxygens (including phenoxy) is 1. The highest BCUT2D eigenvalue weighted by Gasteiger charge is 2.17. The second-order valence-electron chi connectivity index (χ2n) is 5.03. The van der Waals surface area contributed by atoms with E-state index in [4.69, 9.17) is 4.74 Å². The molecule has 3 nitrogen and oxygen atoms in total. The van der Waals surface area contributed by atoms with Gasteiger partial charge in [-0.05, 0) is 43.7 Å². The van der Waals surface area contributed by atoms with Gasteiger partial charge in [0.25, 0.3) is 0 Å². The molecule has 106 valence electrons. The summed E-state index contributed by atoms with van der Waals surface area (Å²) in [5.74, 6) is 0. The minimum Gasteiger partial charge on any atom is -0.377 e. The minimum absolute atomic E-state index is 0.304. The smallest absolute Gasteiger partial charge is 0.0721 e. The van der Waals surface area contributed by atoms with Crippen LogP contribution in [0.5, 0.6) is 0 Å². The molecule has 1 heterocycles. The molecule has 0 spiro atoms. The number of nitrogens with zero attached hydrogens (tertiary/aromatic N) is 1. The molecule has 1 aliphatic rings. The summed E-state index contributed by atoms with van der Waals surface area (Å²) >= 11 is 3.57. The molecule has 1 N–H and O–H groups in total. The molecule has 19 heavy (non-hydrogen) atoms. The fraction of sp³-hybridized carbons (Fsp3) is 0.600. The second-order valence-corrected chi connectivity index (χ2v) is 5.95. The van der Waals surface area contributed by atoms with Gasteiger partial charge < -0.3 is 15.0 Å². The minimum atomic E-state index is 0.304. The van der Waals surface area contributed by atoms with Gasteiger partial charge in [-0.3, -0.25) is 0 Å². The van der Waals surface area contributed by atoms with Gasteiger partial charge in [-0.15, -0.1) is 0 Å². The Labute approximate surface area is 124 Å². The molecule has 1 aromatic carbocycles. The number of hydrogen-bond acceptors (Lipinski definition) is 3. The van der Waals surface area contributed by atoms with E-state index in [1.807, 2.05) is 0 Å². The molecule has 0 radical (unpaired) electrons. The van der Waals surface area contributed by atoms with E-state index in [0.717, 1.165) is 43.7 Å². The molecular formula is C15H23BrN2O. The van der Waals surface area contributed by atoms with Crippen LogP contribution >= 0.6 is 15.9 Å². The van der Waals surface area contributed by atoms with Gasteiger partial charge in [0, 0.05) is 36.4 Å². The zero-order valence-corrected chi connectivity index (χ0v) is 13.4.